The van der Waals surface area contributed by atoms with E-state index < -0.39 is 18.4 Å². The minimum atomic E-state index is -1.31. The van der Waals surface area contributed by atoms with E-state index in [1.165, 1.54) is 85.7 Å². The maximum atomic E-state index is 9.43. The van der Waals surface area contributed by atoms with Crippen LogP contribution in [0.25, 0.3) is 0 Å². The number of hydrogen-bond acceptors (Lipinski definition) is 2. The SMILES string of the molecule is CCCCCCCCCCc1cccc[c]1[Na].O=C(O)CC(=O)O. The number of aryl methyl sites for hydroxylation is 1. The monoisotopic (exact) mass is 344 g/mol. The maximum absolute atomic E-state index is 9.43. The van der Waals surface area contributed by atoms with E-state index in [1.54, 1.807) is 8.38 Å². The number of aliphatic carboxylic acids is 2. The summed E-state index contributed by atoms with van der Waals surface area (Å²) in [5.74, 6) is -2.62. The molecule has 0 aromatic heterocycles. The zero-order valence-corrected chi connectivity index (χ0v) is 17.1. The Balaban J connectivity index is 0.000000640. The second-order valence-electron chi connectivity index (χ2n) is 6.12. The zero-order chi connectivity index (χ0) is 18.2. The summed E-state index contributed by atoms with van der Waals surface area (Å²) in [6.07, 6.45) is 11.9. The minimum absolute atomic E-state index is 0.806. The summed E-state index contributed by atoms with van der Waals surface area (Å²) >= 11 is 1.20. The number of hydrogen-bond donors (Lipinski definition) is 2. The fraction of sp³-hybridized carbons (Fsp3) is 0.579. The Morgan fingerprint density at radius 3 is 1.83 bits per heavy atom. The fourth-order valence-corrected chi connectivity index (χ4v) is 3.08. The van der Waals surface area contributed by atoms with Gasteiger partial charge >= 0.3 is 137 Å². The van der Waals surface area contributed by atoms with Gasteiger partial charge in [0.15, 0.2) is 0 Å². The predicted molar refractivity (Wildman–Crippen MR) is 98.0 cm³/mol. The number of carboxylic acid groups (broad SMARTS) is 2. The van der Waals surface area contributed by atoms with Gasteiger partial charge in [-0.2, -0.15) is 0 Å². The van der Waals surface area contributed by atoms with E-state index >= 15 is 0 Å². The normalized spacial score (nSPS) is 9.96. The van der Waals surface area contributed by atoms with E-state index in [1.807, 2.05) is 0 Å². The van der Waals surface area contributed by atoms with Gasteiger partial charge in [-0.1, -0.05) is 0 Å². The minimum Gasteiger partial charge on any atom is -0.481 e. The standard InChI is InChI=1S/C16H25.C3H4O4.Na/c1-2-3-4-5-6-7-8-10-13-16-14-11-9-12-15-16;4-2(5)1-3(6)7;/h9,11-12,14H,2-8,10,13H2,1H3;1H2,(H,4,5)(H,6,7);. The number of rotatable bonds is 11. The molecule has 1 aromatic carbocycles. The second kappa shape index (κ2) is 15.7. The third kappa shape index (κ3) is 14.7. The summed E-state index contributed by atoms with van der Waals surface area (Å²) in [4.78, 5) is 18.9. The van der Waals surface area contributed by atoms with Crippen molar-refractivity contribution >= 4 is 42.7 Å². The number of carboxylic acids is 2. The van der Waals surface area contributed by atoms with Crippen molar-refractivity contribution in [3.8, 4) is 0 Å². The van der Waals surface area contributed by atoms with Crippen LogP contribution >= 0.6 is 0 Å². The van der Waals surface area contributed by atoms with Crippen molar-refractivity contribution < 1.29 is 19.8 Å². The maximum Gasteiger partial charge on any atom is 0.314 e. The molecule has 0 atom stereocenters. The molecular formula is C19H29NaO4. The van der Waals surface area contributed by atoms with Gasteiger partial charge in [0.2, 0.25) is 0 Å². The summed E-state index contributed by atoms with van der Waals surface area (Å²) in [6.45, 7) is 2.28. The van der Waals surface area contributed by atoms with Crippen LogP contribution in [0.2, 0.25) is 0 Å². The van der Waals surface area contributed by atoms with Gasteiger partial charge in [-0.15, -0.1) is 0 Å². The van der Waals surface area contributed by atoms with Crippen LogP contribution in [0.1, 0.15) is 70.3 Å². The van der Waals surface area contributed by atoms with Gasteiger partial charge in [0.05, 0.1) is 0 Å². The molecule has 5 heteroatoms. The van der Waals surface area contributed by atoms with Gasteiger partial charge in [-0.3, -0.25) is 9.59 Å². The van der Waals surface area contributed by atoms with Crippen molar-refractivity contribution in [2.75, 3.05) is 0 Å². The van der Waals surface area contributed by atoms with Gasteiger partial charge < -0.3 is 10.2 Å². The number of benzene rings is 1. The molecule has 0 aliphatic carbocycles. The van der Waals surface area contributed by atoms with Crippen LogP contribution in [0.4, 0.5) is 0 Å². The smallest absolute Gasteiger partial charge is 0.314 e. The Morgan fingerprint density at radius 1 is 0.875 bits per heavy atom. The summed E-state index contributed by atoms with van der Waals surface area (Å²) in [5, 5.41) is 15.4. The summed E-state index contributed by atoms with van der Waals surface area (Å²) in [6, 6.07) is 8.94. The average Bonchev–Trinajstić information content (AvgIpc) is 2.51. The molecule has 0 bridgehead atoms. The van der Waals surface area contributed by atoms with E-state index in [9.17, 15) is 9.59 Å². The van der Waals surface area contributed by atoms with Crippen LogP contribution in [0, 0.1) is 0 Å². The first kappa shape index (κ1) is 23.2. The van der Waals surface area contributed by atoms with Crippen molar-refractivity contribution in [1.82, 2.24) is 0 Å². The molecule has 0 spiro atoms. The van der Waals surface area contributed by atoms with Crippen LogP contribution in [0.5, 0.6) is 0 Å². The number of carbonyl (C=O) groups is 2. The van der Waals surface area contributed by atoms with Crippen LogP contribution in [-0.4, -0.2) is 50.1 Å². The van der Waals surface area contributed by atoms with Gasteiger partial charge in [-0.25, -0.2) is 0 Å². The van der Waals surface area contributed by atoms with Crippen LogP contribution in [0.15, 0.2) is 24.3 Å². The molecule has 0 saturated heterocycles. The fourth-order valence-electron chi connectivity index (χ4n) is 2.47. The molecule has 130 valence electrons. The average molecular weight is 344 g/mol. The molecule has 0 radical (unpaired) electrons. The number of unbranched alkanes of at least 4 members (excludes halogenated alkanes) is 7. The Bertz CT molecular complexity index is 462. The third-order valence-electron chi connectivity index (χ3n) is 3.86. The summed E-state index contributed by atoms with van der Waals surface area (Å²) in [5.41, 5.74) is 1.60. The van der Waals surface area contributed by atoms with Crippen LogP contribution < -0.4 is 2.81 Å². The van der Waals surface area contributed by atoms with E-state index in [2.05, 4.69) is 31.2 Å². The van der Waals surface area contributed by atoms with Crippen molar-refractivity contribution in [2.24, 2.45) is 0 Å². The van der Waals surface area contributed by atoms with Gasteiger partial charge in [0.25, 0.3) is 0 Å². The molecule has 24 heavy (non-hydrogen) atoms. The Hall–Kier alpha value is -0.840. The van der Waals surface area contributed by atoms with E-state index in [-0.39, 0.29) is 0 Å². The Kier molecular flexibility index (Phi) is 15.1. The van der Waals surface area contributed by atoms with Crippen molar-refractivity contribution in [3.05, 3.63) is 29.8 Å². The second-order valence-corrected chi connectivity index (χ2v) is 7.19. The zero-order valence-electron chi connectivity index (χ0n) is 15.1. The molecule has 1 rings (SSSR count). The quantitative estimate of drug-likeness (QED) is 0.364. The first-order valence-corrected chi connectivity index (χ1v) is 9.95. The molecule has 4 nitrogen and oxygen atoms in total. The molecule has 2 N–H and O–H groups in total. The topological polar surface area (TPSA) is 74.6 Å². The van der Waals surface area contributed by atoms with Gasteiger partial charge in [0.1, 0.15) is 6.42 Å². The van der Waals surface area contributed by atoms with Crippen molar-refractivity contribution in [3.63, 3.8) is 0 Å². The molecule has 0 amide bonds. The molecule has 0 fully saturated rings. The molecule has 0 unspecified atom stereocenters. The molecular weight excluding hydrogens is 315 g/mol. The summed E-state index contributed by atoms with van der Waals surface area (Å²) in [7, 11) is 0. The first-order valence-electron chi connectivity index (χ1n) is 8.95. The van der Waals surface area contributed by atoms with E-state index in [4.69, 9.17) is 10.2 Å². The molecule has 0 aliphatic heterocycles. The largest absolute Gasteiger partial charge is 0.481 e. The van der Waals surface area contributed by atoms with Crippen LogP contribution in [-0.2, 0) is 16.0 Å². The molecule has 0 aliphatic rings. The Morgan fingerprint density at radius 2 is 1.38 bits per heavy atom. The van der Waals surface area contributed by atoms with Crippen molar-refractivity contribution in [2.45, 2.75) is 71.1 Å². The third-order valence-corrected chi connectivity index (χ3v) is 4.84. The van der Waals surface area contributed by atoms with Gasteiger partial charge in [-0.05, 0) is 0 Å². The molecule has 0 saturated carbocycles. The Labute approximate surface area is 163 Å². The molecule has 1 aromatic rings. The van der Waals surface area contributed by atoms with E-state index in [0.717, 1.165) is 0 Å². The first-order chi connectivity index (χ1) is 11.5. The van der Waals surface area contributed by atoms with Crippen LogP contribution in [0.3, 0.4) is 0 Å². The van der Waals surface area contributed by atoms with Crippen molar-refractivity contribution in [1.29, 1.82) is 0 Å². The molecule has 0 heterocycles. The summed E-state index contributed by atoms with van der Waals surface area (Å²) < 4.78 is 1.59. The van der Waals surface area contributed by atoms with Gasteiger partial charge in [0, 0.05) is 0 Å². The van der Waals surface area contributed by atoms with E-state index in [0.29, 0.717) is 0 Å². The predicted octanol–water partition coefficient (Wildman–Crippen LogP) is 3.71.